The molecule has 0 saturated heterocycles. The van der Waals surface area contributed by atoms with Crippen molar-refractivity contribution in [3.8, 4) is 0 Å². The zero-order valence-electron chi connectivity index (χ0n) is 17.8. The molecule has 6 nitrogen and oxygen atoms in total. The van der Waals surface area contributed by atoms with Gasteiger partial charge in [-0.3, -0.25) is 14.4 Å². The Hall–Kier alpha value is -3.71. The number of rotatable bonds is 8. The van der Waals surface area contributed by atoms with Crippen molar-refractivity contribution in [2.75, 3.05) is 11.9 Å². The molecule has 3 aromatic carbocycles. The molecule has 0 aliphatic heterocycles. The van der Waals surface area contributed by atoms with Gasteiger partial charge in [-0.1, -0.05) is 60.1 Å². The minimum atomic E-state index is -0.697. The molecule has 33 heavy (non-hydrogen) atoms. The Kier molecular flexibility index (Phi) is 8.16. The van der Waals surface area contributed by atoms with Crippen LogP contribution in [-0.2, 0) is 14.3 Å². The maximum Gasteiger partial charge on any atom is 0.308 e. The standard InChI is InChI=1S/C25H22ClFN2O4/c1-16-11-12-18(13-21(16)27)28-23(30)15-33-24(31)14-22(17-7-3-2-4-8-17)29-25(32)19-9-5-6-10-20(19)26/h2-13,22H,14-15H2,1H3,(H,28,30)(H,29,32). The van der Waals surface area contributed by atoms with Crippen LogP contribution in [0.15, 0.2) is 72.8 Å². The van der Waals surface area contributed by atoms with E-state index >= 15 is 0 Å². The summed E-state index contributed by atoms with van der Waals surface area (Å²) in [4.78, 5) is 37.2. The summed E-state index contributed by atoms with van der Waals surface area (Å²) in [5.74, 6) is -2.19. The quantitative estimate of drug-likeness (QED) is 0.464. The molecular formula is C25H22ClFN2O4. The minimum Gasteiger partial charge on any atom is -0.455 e. The number of benzene rings is 3. The summed E-state index contributed by atoms with van der Waals surface area (Å²) < 4.78 is 18.7. The van der Waals surface area contributed by atoms with Crippen molar-refractivity contribution in [2.45, 2.75) is 19.4 Å². The number of aryl methyl sites for hydroxylation is 1. The molecule has 0 spiro atoms. The Morgan fingerprint density at radius 3 is 2.39 bits per heavy atom. The van der Waals surface area contributed by atoms with Crippen molar-refractivity contribution >= 4 is 35.1 Å². The predicted octanol–water partition coefficient (Wildman–Crippen LogP) is 4.83. The zero-order valence-corrected chi connectivity index (χ0v) is 18.6. The fourth-order valence-corrected chi connectivity index (χ4v) is 3.28. The van der Waals surface area contributed by atoms with Crippen molar-refractivity contribution in [1.82, 2.24) is 5.32 Å². The largest absolute Gasteiger partial charge is 0.455 e. The number of carbonyl (C=O) groups is 3. The van der Waals surface area contributed by atoms with E-state index in [1.807, 2.05) is 6.07 Å². The Bertz CT molecular complexity index is 1150. The van der Waals surface area contributed by atoms with Gasteiger partial charge in [0.25, 0.3) is 11.8 Å². The van der Waals surface area contributed by atoms with E-state index < -0.39 is 36.2 Å². The van der Waals surface area contributed by atoms with E-state index in [0.29, 0.717) is 11.1 Å². The Labute approximate surface area is 195 Å². The minimum absolute atomic E-state index is 0.202. The van der Waals surface area contributed by atoms with Crippen LogP contribution >= 0.6 is 11.6 Å². The molecule has 0 radical (unpaired) electrons. The lowest BCUT2D eigenvalue weighted by Crippen LogP contribution is -2.31. The molecule has 0 saturated carbocycles. The average Bonchev–Trinajstić information content (AvgIpc) is 2.80. The zero-order chi connectivity index (χ0) is 23.8. The second-order valence-corrected chi connectivity index (χ2v) is 7.70. The summed E-state index contributed by atoms with van der Waals surface area (Å²) in [7, 11) is 0. The molecule has 1 unspecified atom stereocenters. The van der Waals surface area contributed by atoms with E-state index in [-0.39, 0.29) is 22.7 Å². The lowest BCUT2D eigenvalue weighted by Gasteiger charge is -2.19. The molecule has 170 valence electrons. The summed E-state index contributed by atoms with van der Waals surface area (Å²) in [5, 5.41) is 5.55. The molecule has 2 amide bonds. The van der Waals surface area contributed by atoms with Gasteiger partial charge in [-0.05, 0) is 42.3 Å². The number of esters is 1. The molecule has 0 heterocycles. The van der Waals surface area contributed by atoms with Crippen LogP contribution in [0.3, 0.4) is 0 Å². The van der Waals surface area contributed by atoms with Gasteiger partial charge in [0.05, 0.1) is 23.0 Å². The number of halogens is 2. The molecule has 1 atom stereocenters. The van der Waals surface area contributed by atoms with Gasteiger partial charge >= 0.3 is 5.97 Å². The van der Waals surface area contributed by atoms with Gasteiger partial charge in [-0.15, -0.1) is 0 Å². The summed E-state index contributed by atoms with van der Waals surface area (Å²) >= 11 is 6.10. The number of carbonyl (C=O) groups excluding carboxylic acids is 3. The molecule has 3 aromatic rings. The summed E-state index contributed by atoms with van der Waals surface area (Å²) in [5.41, 5.74) is 1.67. The summed E-state index contributed by atoms with van der Waals surface area (Å²) in [6, 6.07) is 19.1. The number of hydrogen-bond acceptors (Lipinski definition) is 4. The smallest absolute Gasteiger partial charge is 0.308 e. The highest BCUT2D eigenvalue weighted by molar-refractivity contribution is 6.33. The molecule has 0 aliphatic rings. The Morgan fingerprint density at radius 1 is 1.00 bits per heavy atom. The monoisotopic (exact) mass is 468 g/mol. The number of ether oxygens (including phenoxy) is 1. The first-order valence-corrected chi connectivity index (χ1v) is 10.5. The predicted molar refractivity (Wildman–Crippen MR) is 123 cm³/mol. The van der Waals surface area contributed by atoms with Gasteiger partial charge in [0.15, 0.2) is 6.61 Å². The summed E-state index contributed by atoms with van der Waals surface area (Å²) in [6.07, 6.45) is -0.202. The molecule has 0 aliphatic carbocycles. The van der Waals surface area contributed by atoms with E-state index in [1.54, 1.807) is 61.5 Å². The lowest BCUT2D eigenvalue weighted by molar-refractivity contribution is -0.147. The topological polar surface area (TPSA) is 84.5 Å². The SMILES string of the molecule is Cc1ccc(NC(=O)COC(=O)CC(NC(=O)c2ccccc2Cl)c2ccccc2)cc1F. The van der Waals surface area contributed by atoms with E-state index in [4.69, 9.17) is 16.3 Å². The van der Waals surface area contributed by atoms with Gasteiger partial charge in [-0.2, -0.15) is 0 Å². The lowest BCUT2D eigenvalue weighted by atomic mass is 10.0. The van der Waals surface area contributed by atoms with Crippen LogP contribution in [-0.4, -0.2) is 24.4 Å². The van der Waals surface area contributed by atoms with Crippen molar-refractivity contribution in [2.24, 2.45) is 0 Å². The molecule has 0 aromatic heterocycles. The van der Waals surface area contributed by atoms with Crippen LogP contribution in [0.4, 0.5) is 10.1 Å². The van der Waals surface area contributed by atoms with Crippen LogP contribution in [0.2, 0.25) is 5.02 Å². The number of amides is 2. The van der Waals surface area contributed by atoms with Crippen LogP contribution in [0, 0.1) is 12.7 Å². The Morgan fingerprint density at radius 2 is 1.70 bits per heavy atom. The highest BCUT2D eigenvalue weighted by atomic mass is 35.5. The maximum absolute atomic E-state index is 13.6. The third kappa shape index (κ3) is 6.89. The highest BCUT2D eigenvalue weighted by Crippen LogP contribution is 2.21. The molecular weight excluding hydrogens is 447 g/mol. The van der Waals surface area contributed by atoms with Crippen LogP contribution in [0.1, 0.15) is 33.9 Å². The number of anilines is 1. The van der Waals surface area contributed by atoms with Crippen LogP contribution < -0.4 is 10.6 Å². The third-order valence-corrected chi connectivity index (χ3v) is 5.15. The van der Waals surface area contributed by atoms with E-state index in [0.717, 1.165) is 0 Å². The molecule has 0 fully saturated rings. The van der Waals surface area contributed by atoms with E-state index in [2.05, 4.69) is 10.6 Å². The molecule has 0 bridgehead atoms. The van der Waals surface area contributed by atoms with Crippen LogP contribution in [0.5, 0.6) is 0 Å². The van der Waals surface area contributed by atoms with E-state index in [1.165, 1.54) is 12.1 Å². The van der Waals surface area contributed by atoms with Crippen molar-refractivity contribution < 1.29 is 23.5 Å². The molecule has 8 heteroatoms. The van der Waals surface area contributed by atoms with Crippen molar-refractivity contribution in [3.05, 3.63) is 100 Å². The van der Waals surface area contributed by atoms with Crippen molar-refractivity contribution in [3.63, 3.8) is 0 Å². The first-order chi connectivity index (χ1) is 15.8. The normalized spacial score (nSPS) is 11.4. The Balaban J connectivity index is 1.61. The second-order valence-electron chi connectivity index (χ2n) is 7.29. The number of hydrogen-bond donors (Lipinski definition) is 2. The second kappa shape index (κ2) is 11.2. The van der Waals surface area contributed by atoms with Gasteiger partial charge in [0.1, 0.15) is 5.82 Å². The third-order valence-electron chi connectivity index (χ3n) is 4.82. The average molecular weight is 469 g/mol. The van der Waals surface area contributed by atoms with E-state index in [9.17, 15) is 18.8 Å². The first-order valence-electron chi connectivity index (χ1n) is 10.2. The van der Waals surface area contributed by atoms with Gasteiger partial charge < -0.3 is 15.4 Å². The fourth-order valence-electron chi connectivity index (χ4n) is 3.06. The van der Waals surface area contributed by atoms with Gasteiger partial charge in [0.2, 0.25) is 0 Å². The van der Waals surface area contributed by atoms with Crippen molar-refractivity contribution in [1.29, 1.82) is 0 Å². The van der Waals surface area contributed by atoms with Gasteiger partial charge in [0, 0.05) is 5.69 Å². The maximum atomic E-state index is 13.6. The summed E-state index contributed by atoms with van der Waals surface area (Å²) in [6.45, 7) is 1.06. The highest BCUT2D eigenvalue weighted by Gasteiger charge is 2.21. The molecule has 3 rings (SSSR count). The number of nitrogens with one attached hydrogen (secondary N) is 2. The first kappa shape index (κ1) is 23.9. The van der Waals surface area contributed by atoms with Crippen LogP contribution in [0.25, 0.3) is 0 Å². The molecule has 2 N–H and O–H groups in total. The fraction of sp³-hybridized carbons (Fsp3) is 0.160. The van der Waals surface area contributed by atoms with Gasteiger partial charge in [-0.25, -0.2) is 4.39 Å².